The largest absolute Gasteiger partial charge is 0.329 e. The van der Waals surface area contributed by atoms with Crippen molar-refractivity contribution in [1.29, 1.82) is 0 Å². The number of nitrogens with zero attached hydrogens (tertiary/aromatic N) is 1. The van der Waals surface area contributed by atoms with Gasteiger partial charge in [0.1, 0.15) is 5.37 Å². The first kappa shape index (κ1) is 16.2. The summed E-state index contributed by atoms with van der Waals surface area (Å²) in [7, 11) is -3.03. The molecule has 5 nitrogen and oxygen atoms in total. The normalized spacial score (nSPS) is 28.4. The highest BCUT2D eigenvalue weighted by molar-refractivity contribution is 7.91. The number of hydrogen-bond acceptors (Lipinski definition) is 5. The van der Waals surface area contributed by atoms with Crippen LogP contribution >= 0.6 is 0 Å². The second-order valence-corrected chi connectivity index (χ2v) is 8.47. The van der Waals surface area contributed by atoms with E-state index in [4.69, 9.17) is 5.73 Å². The predicted molar refractivity (Wildman–Crippen MR) is 82.3 cm³/mol. The number of nitrogens with one attached hydrogen (secondary N) is 1. The quantitative estimate of drug-likeness (QED) is 0.782. The molecule has 0 saturated carbocycles. The lowest BCUT2D eigenvalue weighted by atomic mass is 9.85. The summed E-state index contributed by atoms with van der Waals surface area (Å²) < 4.78 is 25.2. The Balaban J connectivity index is 2.25. The molecule has 0 amide bonds. The van der Waals surface area contributed by atoms with Gasteiger partial charge in [-0.2, -0.15) is 0 Å². The second kappa shape index (κ2) is 6.73. The van der Waals surface area contributed by atoms with E-state index in [2.05, 4.69) is 10.2 Å². The van der Waals surface area contributed by atoms with Crippen molar-refractivity contribution in [3.8, 4) is 0 Å². The Morgan fingerprint density at radius 3 is 2.60 bits per heavy atom. The maximum atomic E-state index is 12.6. The Kier molecular flexibility index (Phi) is 5.45. The van der Waals surface area contributed by atoms with E-state index in [1.807, 2.05) is 6.92 Å². The lowest BCUT2D eigenvalue weighted by molar-refractivity contribution is 0.0299. The fourth-order valence-electron chi connectivity index (χ4n) is 3.74. The van der Waals surface area contributed by atoms with Crippen LogP contribution in [-0.4, -0.2) is 56.2 Å². The number of hydrogen-bond donors (Lipinski definition) is 2. The molecule has 0 aromatic heterocycles. The SMILES string of the molecule is CCCS(=O)(=O)[C@@H]1CCCCN1C1(CN)CCNCC1. The smallest absolute Gasteiger partial charge is 0.166 e. The van der Waals surface area contributed by atoms with Crippen LogP contribution in [0.25, 0.3) is 0 Å². The van der Waals surface area contributed by atoms with Gasteiger partial charge in [-0.15, -0.1) is 0 Å². The number of likely N-dealkylation sites (tertiary alicyclic amines) is 1. The van der Waals surface area contributed by atoms with Gasteiger partial charge in [-0.25, -0.2) is 8.42 Å². The third kappa shape index (κ3) is 3.18. The van der Waals surface area contributed by atoms with E-state index in [9.17, 15) is 8.42 Å². The zero-order chi connectivity index (χ0) is 14.6. The van der Waals surface area contributed by atoms with Crippen molar-refractivity contribution in [2.75, 3.05) is 31.9 Å². The number of rotatable bonds is 5. The number of nitrogens with two attached hydrogens (primary N) is 1. The van der Waals surface area contributed by atoms with Gasteiger partial charge < -0.3 is 11.1 Å². The predicted octanol–water partition coefficient (Wildman–Crippen LogP) is 0.704. The van der Waals surface area contributed by atoms with E-state index < -0.39 is 9.84 Å². The first-order valence-corrected chi connectivity index (χ1v) is 9.66. The Bertz CT molecular complexity index is 405. The van der Waals surface area contributed by atoms with E-state index in [0.717, 1.165) is 51.7 Å². The fourth-order valence-corrected chi connectivity index (χ4v) is 5.82. The summed E-state index contributed by atoms with van der Waals surface area (Å²) in [6.45, 7) is 5.26. The zero-order valence-electron chi connectivity index (χ0n) is 12.6. The first-order valence-electron chi connectivity index (χ1n) is 7.95. The van der Waals surface area contributed by atoms with E-state index >= 15 is 0 Å². The van der Waals surface area contributed by atoms with E-state index in [1.54, 1.807) is 0 Å². The van der Waals surface area contributed by atoms with Gasteiger partial charge in [-0.05, 0) is 58.2 Å². The van der Waals surface area contributed by atoms with Gasteiger partial charge in [0.25, 0.3) is 0 Å². The minimum absolute atomic E-state index is 0.114. The maximum absolute atomic E-state index is 12.6. The molecule has 2 aliphatic heterocycles. The van der Waals surface area contributed by atoms with E-state index in [0.29, 0.717) is 18.7 Å². The fraction of sp³-hybridized carbons (Fsp3) is 1.00. The van der Waals surface area contributed by atoms with Crippen molar-refractivity contribution >= 4 is 9.84 Å². The van der Waals surface area contributed by atoms with Crippen LogP contribution in [0.5, 0.6) is 0 Å². The minimum Gasteiger partial charge on any atom is -0.329 e. The lowest BCUT2D eigenvalue weighted by Crippen LogP contribution is -2.64. The Hall–Kier alpha value is -0.170. The van der Waals surface area contributed by atoms with Crippen molar-refractivity contribution in [2.45, 2.75) is 56.4 Å². The third-order valence-electron chi connectivity index (χ3n) is 4.87. The zero-order valence-corrected chi connectivity index (χ0v) is 13.4. The molecule has 2 aliphatic rings. The summed E-state index contributed by atoms with van der Waals surface area (Å²) in [5.74, 6) is 0.299. The van der Waals surface area contributed by atoms with Crippen molar-refractivity contribution in [3.05, 3.63) is 0 Å². The molecular weight excluding hydrogens is 274 g/mol. The third-order valence-corrected chi connectivity index (χ3v) is 7.17. The van der Waals surface area contributed by atoms with Crippen molar-refractivity contribution < 1.29 is 8.42 Å². The van der Waals surface area contributed by atoms with Gasteiger partial charge in [0.15, 0.2) is 9.84 Å². The van der Waals surface area contributed by atoms with Crippen LogP contribution in [0.2, 0.25) is 0 Å². The van der Waals surface area contributed by atoms with Gasteiger partial charge in [-0.1, -0.05) is 6.92 Å². The maximum Gasteiger partial charge on any atom is 0.166 e. The molecule has 2 saturated heterocycles. The first-order chi connectivity index (χ1) is 9.56. The van der Waals surface area contributed by atoms with Crippen LogP contribution in [0.3, 0.4) is 0 Å². The van der Waals surface area contributed by atoms with Crippen molar-refractivity contribution in [2.24, 2.45) is 5.73 Å². The summed E-state index contributed by atoms with van der Waals surface area (Å²) in [6.07, 6.45) is 5.50. The van der Waals surface area contributed by atoms with Crippen molar-refractivity contribution in [3.63, 3.8) is 0 Å². The second-order valence-electron chi connectivity index (χ2n) is 6.19. The van der Waals surface area contributed by atoms with Crippen LogP contribution in [0.4, 0.5) is 0 Å². The number of piperidine rings is 2. The molecule has 1 atom stereocenters. The van der Waals surface area contributed by atoms with Gasteiger partial charge in [0.05, 0.1) is 5.75 Å². The van der Waals surface area contributed by atoms with Crippen LogP contribution in [-0.2, 0) is 9.84 Å². The highest BCUT2D eigenvalue weighted by atomic mass is 32.2. The average Bonchev–Trinajstić information content (AvgIpc) is 2.48. The summed E-state index contributed by atoms with van der Waals surface area (Å²) in [5.41, 5.74) is 5.97. The molecule has 6 heteroatoms. The molecule has 2 fully saturated rings. The molecule has 0 bridgehead atoms. The molecule has 2 rings (SSSR count). The summed E-state index contributed by atoms with van der Waals surface area (Å²) >= 11 is 0. The Morgan fingerprint density at radius 2 is 2.00 bits per heavy atom. The molecule has 118 valence electrons. The standard InChI is InChI=1S/C14H29N3O2S/c1-2-11-20(18,19)13-5-3-4-10-17(13)14(12-15)6-8-16-9-7-14/h13,16H,2-12,15H2,1H3/t13-/m1/s1. The van der Waals surface area contributed by atoms with Gasteiger partial charge in [-0.3, -0.25) is 4.90 Å². The monoisotopic (exact) mass is 303 g/mol. The molecule has 2 heterocycles. The minimum atomic E-state index is -3.03. The molecule has 0 aromatic carbocycles. The summed E-state index contributed by atoms with van der Waals surface area (Å²) in [6, 6.07) is 0. The van der Waals surface area contributed by atoms with Crippen LogP contribution in [0.15, 0.2) is 0 Å². The highest BCUT2D eigenvalue weighted by Crippen LogP contribution is 2.34. The molecule has 3 N–H and O–H groups in total. The molecule has 0 aliphatic carbocycles. The lowest BCUT2D eigenvalue weighted by Gasteiger charge is -2.51. The topological polar surface area (TPSA) is 75.4 Å². The highest BCUT2D eigenvalue weighted by Gasteiger charge is 2.45. The molecular formula is C14H29N3O2S. The van der Waals surface area contributed by atoms with Gasteiger partial charge in [0.2, 0.25) is 0 Å². The van der Waals surface area contributed by atoms with Gasteiger partial charge >= 0.3 is 0 Å². The molecule has 0 unspecified atom stereocenters. The van der Waals surface area contributed by atoms with Crippen LogP contribution in [0, 0.1) is 0 Å². The van der Waals surface area contributed by atoms with Gasteiger partial charge in [0, 0.05) is 12.1 Å². The molecule has 0 aromatic rings. The molecule has 0 spiro atoms. The van der Waals surface area contributed by atoms with Crippen LogP contribution in [0.1, 0.15) is 45.4 Å². The molecule has 0 radical (unpaired) electrons. The van der Waals surface area contributed by atoms with E-state index in [1.165, 1.54) is 0 Å². The average molecular weight is 303 g/mol. The van der Waals surface area contributed by atoms with Crippen LogP contribution < -0.4 is 11.1 Å². The van der Waals surface area contributed by atoms with Crippen molar-refractivity contribution in [1.82, 2.24) is 10.2 Å². The number of sulfone groups is 1. The Labute approximate surface area is 123 Å². The summed E-state index contributed by atoms with van der Waals surface area (Å²) in [5, 5.41) is 3.05. The van der Waals surface area contributed by atoms with E-state index in [-0.39, 0.29) is 10.9 Å². The Morgan fingerprint density at radius 1 is 1.30 bits per heavy atom. The molecule has 20 heavy (non-hydrogen) atoms. The summed E-state index contributed by atoms with van der Waals surface area (Å²) in [4.78, 5) is 2.25.